The first-order chi connectivity index (χ1) is 9.53. The maximum atomic E-state index is 2.40. The molecular formula is C20H42. The van der Waals surface area contributed by atoms with Crippen molar-refractivity contribution in [1.29, 1.82) is 0 Å². The lowest BCUT2D eigenvalue weighted by Gasteiger charge is -2.23. The fraction of sp³-hybridized carbons (Fsp3) is 1.00. The Morgan fingerprint density at radius 1 is 0.600 bits per heavy atom. The van der Waals surface area contributed by atoms with E-state index in [4.69, 9.17) is 0 Å². The van der Waals surface area contributed by atoms with E-state index in [1.165, 1.54) is 64.2 Å². The Hall–Kier alpha value is 0. The number of rotatable bonds is 13. The van der Waals surface area contributed by atoms with Crippen LogP contribution in [-0.2, 0) is 0 Å². The van der Waals surface area contributed by atoms with Crippen molar-refractivity contribution in [2.45, 2.75) is 106 Å². The maximum Gasteiger partial charge on any atom is -0.0412 e. The minimum atomic E-state index is 0.869. The van der Waals surface area contributed by atoms with Crippen LogP contribution in [-0.4, -0.2) is 0 Å². The molecular weight excluding hydrogens is 240 g/mol. The second kappa shape index (κ2) is 12.7. The summed E-state index contributed by atoms with van der Waals surface area (Å²) in [5.74, 6) is 3.77. The molecule has 0 heteroatoms. The molecule has 3 unspecified atom stereocenters. The van der Waals surface area contributed by atoms with E-state index in [9.17, 15) is 0 Å². The van der Waals surface area contributed by atoms with Gasteiger partial charge in [-0.25, -0.2) is 0 Å². The lowest BCUT2D eigenvalue weighted by molar-refractivity contribution is 0.290. The van der Waals surface area contributed by atoms with E-state index < -0.39 is 0 Å². The van der Waals surface area contributed by atoms with Crippen molar-refractivity contribution in [2.24, 2.45) is 23.7 Å². The highest BCUT2D eigenvalue weighted by atomic mass is 14.2. The molecule has 0 aromatic carbocycles. The minimum absolute atomic E-state index is 0.869. The highest BCUT2D eigenvalue weighted by Gasteiger charge is 2.15. The van der Waals surface area contributed by atoms with Crippen molar-refractivity contribution in [2.75, 3.05) is 0 Å². The lowest BCUT2D eigenvalue weighted by atomic mass is 9.83. The quantitative estimate of drug-likeness (QED) is 0.307. The summed E-state index contributed by atoms with van der Waals surface area (Å²) < 4.78 is 0. The smallest absolute Gasteiger partial charge is 0.0412 e. The van der Waals surface area contributed by atoms with Gasteiger partial charge in [0.1, 0.15) is 0 Å². The molecule has 0 aliphatic carbocycles. The Balaban J connectivity index is 3.79. The topological polar surface area (TPSA) is 0 Å². The lowest BCUT2D eigenvalue weighted by Crippen LogP contribution is -2.10. The van der Waals surface area contributed by atoms with Gasteiger partial charge in [-0.1, -0.05) is 92.9 Å². The third-order valence-corrected chi connectivity index (χ3v) is 5.13. The molecule has 0 aliphatic heterocycles. The Morgan fingerprint density at radius 3 is 1.70 bits per heavy atom. The van der Waals surface area contributed by atoms with Crippen LogP contribution in [0.4, 0.5) is 0 Å². The van der Waals surface area contributed by atoms with Crippen LogP contribution >= 0.6 is 0 Å². The predicted octanol–water partition coefficient (Wildman–Crippen LogP) is 7.47. The van der Waals surface area contributed by atoms with Crippen LogP contribution in [0.2, 0.25) is 0 Å². The van der Waals surface area contributed by atoms with Crippen LogP contribution < -0.4 is 0 Å². The molecule has 0 fully saturated rings. The fourth-order valence-electron chi connectivity index (χ4n) is 3.36. The monoisotopic (exact) mass is 282 g/mol. The van der Waals surface area contributed by atoms with Crippen molar-refractivity contribution in [1.82, 2.24) is 0 Å². The summed E-state index contributed by atoms with van der Waals surface area (Å²) in [5.41, 5.74) is 0. The van der Waals surface area contributed by atoms with Gasteiger partial charge in [-0.2, -0.15) is 0 Å². The maximum absolute atomic E-state index is 2.40. The molecule has 122 valence electrons. The Kier molecular flexibility index (Phi) is 12.7. The van der Waals surface area contributed by atoms with E-state index in [1.807, 2.05) is 0 Å². The summed E-state index contributed by atoms with van der Waals surface area (Å²) in [5, 5.41) is 0. The van der Waals surface area contributed by atoms with Crippen LogP contribution in [0.1, 0.15) is 106 Å². The summed E-state index contributed by atoms with van der Waals surface area (Å²) in [6.07, 6.45) is 14.3. The molecule has 0 bridgehead atoms. The number of hydrogen-bond acceptors (Lipinski definition) is 0. The second-order valence-corrected chi connectivity index (χ2v) is 7.57. The van der Waals surface area contributed by atoms with E-state index in [0.29, 0.717) is 0 Å². The normalized spacial score (nSPS) is 16.4. The van der Waals surface area contributed by atoms with Gasteiger partial charge in [0.05, 0.1) is 0 Å². The SMILES string of the molecule is CCC(C)CCCCCC(CC)CC(CC)CC(C)C. The zero-order valence-electron chi connectivity index (χ0n) is 15.4. The average Bonchev–Trinajstić information content (AvgIpc) is 2.43. The van der Waals surface area contributed by atoms with E-state index in [0.717, 1.165) is 23.7 Å². The highest BCUT2D eigenvalue weighted by molar-refractivity contribution is 4.67. The van der Waals surface area contributed by atoms with Crippen LogP contribution in [0.5, 0.6) is 0 Å². The van der Waals surface area contributed by atoms with Crippen LogP contribution in [0.15, 0.2) is 0 Å². The molecule has 0 aromatic heterocycles. The van der Waals surface area contributed by atoms with Gasteiger partial charge in [0, 0.05) is 0 Å². The van der Waals surface area contributed by atoms with Gasteiger partial charge >= 0.3 is 0 Å². The molecule has 0 heterocycles. The van der Waals surface area contributed by atoms with Crippen molar-refractivity contribution in [3.8, 4) is 0 Å². The van der Waals surface area contributed by atoms with Crippen LogP contribution in [0.3, 0.4) is 0 Å². The second-order valence-electron chi connectivity index (χ2n) is 7.57. The Labute approximate surface area is 130 Å². The molecule has 0 aromatic rings. The third-order valence-electron chi connectivity index (χ3n) is 5.13. The first-order valence-electron chi connectivity index (χ1n) is 9.53. The van der Waals surface area contributed by atoms with E-state index in [1.54, 1.807) is 0 Å². The standard InChI is InChI=1S/C20H42/c1-7-18(6)13-11-10-12-14-19(8-2)16-20(9-3)15-17(4)5/h17-20H,7-16H2,1-6H3. The largest absolute Gasteiger partial charge is 0.0651 e. The van der Waals surface area contributed by atoms with Gasteiger partial charge in [-0.3, -0.25) is 0 Å². The predicted molar refractivity (Wildman–Crippen MR) is 94.2 cm³/mol. The average molecular weight is 283 g/mol. The summed E-state index contributed by atoms with van der Waals surface area (Å²) >= 11 is 0. The van der Waals surface area contributed by atoms with Crippen molar-refractivity contribution in [3.05, 3.63) is 0 Å². The summed E-state index contributed by atoms with van der Waals surface area (Å²) in [6, 6.07) is 0. The molecule has 0 saturated carbocycles. The Bertz CT molecular complexity index is 194. The van der Waals surface area contributed by atoms with Gasteiger partial charge in [0.25, 0.3) is 0 Å². The molecule has 0 N–H and O–H groups in total. The van der Waals surface area contributed by atoms with Crippen molar-refractivity contribution in [3.63, 3.8) is 0 Å². The van der Waals surface area contributed by atoms with Gasteiger partial charge in [-0.05, 0) is 36.5 Å². The van der Waals surface area contributed by atoms with Gasteiger partial charge in [-0.15, -0.1) is 0 Å². The third kappa shape index (κ3) is 10.7. The van der Waals surface area contributed by atoms with E-state index in [2.05, 4.69) is 41.5 Å². The summed E-state index contributed by atoms with van der Waals surface area (Å²) in [7, 11) is 0. The summed E-state index contributed by atoms with van der Waals surface area (Å²) in [6.45, 7) is 14.2. The van der Waals surface area contributed by atoms with Gasteiger partial charge in [0.2, 0.25) is 0 Å². The van der Waals surface area contributed by atoms with Crippen molar-refractivity contribution < 1.29 is 0 Å². The van der Waals surface area contributed by atoms with Crippen LogP contribution in [0.25, 0.3) is 0 Å². The zero-order valence-corrected chi connectivity index (χ0v) is 15.4. The molecule has 0 radical (unpaired) electrons. The highest BCUT2D eigenvalue weighted by Crippen LogP contribution is 2.28. The summed E-state index contributed by atoms with van der Waals surface area (Å²) in [4.78, 5) is 0. The number of unbranched alkanes of at least 4 members (excludes halogenated alkanes) is 2. The molecule has 0 nitrogen and oxygen atoms in total. The zero-order chi connectivity index (χ0) is 15.4. The molecule has 0 saturated heterocycles. The molecule has 3 atom stereocenters. The number of hydrogen-bond donors (Lipinski definition) is 0. The van der Waals surface area contributed by atoms with Crippen LogP contribution in [0, 0.1) is 23.7 Å². The Morgan fingerprint density at radius 2 is 1.20 bits per heavy atom. The van der Waals surface area contributed by atoms with Gasteiger partial charge < -0.3 is 0 Å². The first-order valence-corrected chi connectivity index (χ1v) is 9.53. The molecule has 0 amide bonds. The fourth-order valence-corrected chi connectivity index (χ4v) is 3.36. The molecule has 0 aliphatic rings. The first kappa shape index (κ1) is 20.0. The van der Waals surface area contributed by atoms with E-state index in [-0.39, 0.29) is 0 Å². The van der Waals surface area contributed by atoms with Crippen molar-refractivity contribution >= 4 is 0 Å². The molecule has 20 heavy (non-hydrogen) atoms. The van der Waals surface area contributed by atoms with Gasteiger partial charge in [0.15, 0.2) is 0 Å². The minimum Gasteiger partial charge on any atom is -0.0651 e. The van der Waals surface area contributed by atoms with E-state index >= 15 is 0 Å². The molecule has 0 spiro atoms. The molecule has 0 rings (SSSR count).